The van der Waals surface area contributed by atoms with E-state index in [0.29, 0.717) is 0 Å². The van der Waals surface area contributed by atoms with E-state index in [9.17, 15) is 0 Å². The number of nitrogens with one attached hydrogen (secondary N) is 1. The fraction of sp³-hybridized carbons (Fsp3) is 0. The van der Waals surface area contributed by atoms with Gasteiger partial charge in [-0.3, -0.25) is 0 Å². The number of hydrogen-bond donors (Lipinski definition) is 1. The minimum absolute atomic E-state index is 1.14. The van der Waals surface area contributed by atoms with Gasteiger partial charge in [-0.15, -0.1) is 0 Å². The summed E-state index contributed by atoms with van der Waals surface area (Å²) in [6, 6.07) is 23.9. The van der Waals surface area contributed by atoms with Crippen molar-refractivity contribution in [1.82, 2.24) is 0 Å². The minimum atomic E-state index is 1.14. The smallest absolute Gasteiger partial charge is 0.0606 e. The molecule has 0 radical (unpaired) electrons. The molecule has 5 rings (SSSR count). The van der Waals surface area contributed by atoms with Crippen molar-refractivity contribution in [3.8, 4) is 0 Å². The summed E-state index contributed by atoms with van der Waals surface area (Å²) in [5.74, 6) is 0. The molecule has 0 saturated carbocycles. The number of hydrogen-bond acceptors (Lipinski definition) is 2. The van der Waals surface area contributed by atoms with Gasteiger partial charge in [-0.05, 0) is 39.9 Å². The first-order valence-electron chi connectivity index (χ1n) is 7.99. The standard InChI is InChI=1S/C22H15NS/c1-2-14-7-11-20-19(13-14)23-22-18-9-8-15-5-3-4-6-16(15)17(18)10-12-21(22)24-20/h2-13,23H,1H2. The molecule has 0 aliphatic carbocycles. The van der Waals surface area contributed by atoms with Crippen molar-refractivity contribution in [2.75, 3.05) is 5.32 Å². The predicted molar refractivity (Wildman–Crippen MR) is 105 cm³/mol. The highest BCUT2D eigenvalue weighted by atomic mass is 32.2. The maximum absolute atomic E-state index is 3.87. The largest absolute Gasteiger partial charge is 0.353 e. The van der Waals surface area contributed by atoms with Crippen molar-refractivity contribution in [1.29, 1.82) is 0 Å². The summed E-state index contributed by atoms with van der Waals surface area (Å²) in [6.45, 7) is 3.87. The van der Waals surface area contributed by atoms with Crippen LogP contribution in [0.5, 0.6) is 0 Å². The normalized spacial score (nSPS) is 12.5. The SMILES string of the molecule is C=Cc1ccc2c(c1)Nc1c(ccc3c1ccc1ccccc13)S2. The van der Waals surface area contributed by atoms with E-state index in [4.69, 9.17) is 0 Å². The van der Waals surface area contributed by atoms with Gasteiger partial charge in [0.05, 0.1) is 11.4 Å². The second-order valence-electron chi connectivity index (χ2n) is 6.01. The minimum Gasteiger partial charge on any atom is -0.353 e. The average Bonchev–Trinajstić information content (AvgIpc) is 2.65. The first kappa shape index (κ1) is 13.7. The van der Waals surface area contributed by atoms with Crippen molar-refractivity contribution in [3.05, 3.63) is 78.9 Å². The van der Waals surface area contributed by atoms with Crippen molar-refractivity contribution in [2.45, 2.75) is 9.79 Å². The third-order valence-electron chi connectivity index (χ3n) is 4.61. The van der Waals surface area contributed by atoms with Gasteiger partial charge in [-0.1, -0.05) is 72.9 Å². The van der Waals surface area contributed by atoms with Crippen LogP contribution in [0.1, 0.15) is 5.56 Å². The van der Waals surface area contributed by atoms with E-state index in [1.807, 2.05) is 17.8 Å². The van der Waals surface area contributed by atoms with Crippen molar-refractivity contribution < 1.29 is 0 Å². The highest BCUT2D eigenvalue weighted by Gasteiger charge is 2.18. The van der Waals surface area contributed by atoms with Crippen LogP contribution >= 0.6 is 11.8 Å². The molecule has 1 aliphatic rings. The van der Waals surface area contributed by atoms with Crippen LogP contribution in [-0.2, 0) is 0 Å². The lowest BCUT2D eigenvalue weighted by molar-refractivity contribution is 1.33. The van der Waals surface area contributed by atoms with Gasteiger partial charge in [0.25, 0.3) is 0 Å². The van der Waals surface area contributed by atoms with E-state index >= 15 is 0 Å². The maximum atomic E-state index is 3.87. The van der Waals surface area contributed by atoms with Gasteiger partial charge in [-0.2, -0.15) is 0 Å². The number of benzene rings is 4. The Labute approximate surface area is 145 Å². The molecule has 0 bridgehead atoms. The first-order valence-corrected chi connectivity index (χ1v) is 8.81. The van der Waals surface area contributed by atoms with Crippen LogP contribution in [0.25, 0.3) is 27.6 Å². The molecular formula is C22H15NS. The van der Waals surface area contributed by atoms with Gasteiger partial charge in [0.1, 0.15) is 0 Å². The second kappa shape index (κ2) is 5.15. The molecule has 4 aromatic carbocycles. The first-order chi connectivity index (χ1) is 11.8. The summed E-state index contributed by atoms with van der Waals surface area (Å²) < 4.78 is 0. The molecular weight excluding hydrogens is 310 g/mol. The van der Waals surface area contributed by atoms with Crippen LogP contribution in [0, 0.1) is 0 Å². The molecule has 1 aliphatic heterocycles. The number of anilines is 2. The lowest BCUT2D eigenvalue weighted by Gasteiger charge is -2.23. The highest BCUT2D eigenvalue weighted by Crippen LogP contribution is 2.48. The van der Waals surface area contributed by atoms with Gasteiger partial charge < -0.3 is 5.32 Å². The van der Waals surface area contributed by atoms with Crippen LogP contribution in [0.15, 0.2) is 83.1 Å². The van der Waals surface area contributed by atoms with E-state index in [1.54, 1.807) is 0 Å². The average molecular weight is 325 g/mol. The molecule has 1 nitrogen and oxygen atoms in total. The predicted octanol–water partition coefficient (Wildman–Crippen LogP) is 6.84. The van der Waals surface area contributed by atoms with Crippen molar-refractivity contribution >= 4 is 50.8 Å². The number of fused-ring (bicyclic) bond motifs is 6. The molecule has 1 heterocycles. The molecule has 0 fully saturated rings. The molecule has 0 saturated heterocycles. The van der Waals surface area contributed by atoms with Crippen molar-refractivity contribution in [3.63, 3.8) is 0 Å². The Kier molecular flexibility index (Phi) is 2.94. The van der Waals surface area contributed by atoms with E-state index in [-0.39, 0.29) is 0 Å². The molecule has 24 heavy (non-hydrogen) atoms. The van der Waals surface area contributed by atoms with E-state index in [1.165, 1.54) is 37.0 Å². The Morgan fingerprint density at radius 3 is 2.54 bits per heavy atom. The molecule has 0 unspecified atom stereocenters. The van der Waals surface area contributed by atoms with Crippen LogP contribution in [-0.4, -0.2) is 0 Å². The Balaban J connectivity index is 1.76. The lowest BCUT2D eigenvalue weighted by Crippen LogP contribution is -2.01. The summed E-state index contributed by atoms with van der Waals surface area (Å²) in [5.41, 5.74) is 3.50. The number of rotatable bonds is 1. The molecule has 1 N–H and O–H groups in total. The topological polar surface area (TPSA) is 12.0 Å². The Hall–Kier alpha value is -2.71. The molecule has 0 spiro atoms. The molecule has 4 aromatic rings. The van der Waals surface area contributed by atoms with Crippen molar-refractivity contribution in [2.24, 2.45) is 0 Å². The second-order valence-corrected chi connectivity index (χ2v) is 7.09. The summed E-state index contributed by atoms with van der Waals surface area (Å²) in [5, 5.41) is 8.80. The van der Waals surface area contributed by atoms with Gasteiger partial charge >= 0.3 is 0 Å². The monoisotopic (exact) mass is 325 g/mol. The van der Waals surface area contributed by atoms with Crippen LogP contribution < -0.4 is 5.32 Å². The van der Waals surface area contributed by atoms with E-state index in [2.05, 4.69) is 78.6 Å². The quantitative estimate of drug-likeness (QED) is 0.338. The Bertz CT molecular complexity index is 1130. The lowest BCUT2D eigenvalue weighted by atomic mass is 10.0. The van der Waals surface area contributed by atoms with Gasteiger partial charge in [0, 0.05) is 15.2 Å². The zero-order valence-corrected chi connectivity index (χ0v) is 13.9. The molecule has 0 atom stereocenters. The zero-order valence-electron chi connectivity index (χ0n) is 13.0. The van der Waals surface area contributed by atoms with E-state index < -0.39 is 0 Å². The Morgan fingerprint density at radius 1 is 0.792 bits per heavy atom. The molecule has 2 heteroatoms. The van der Waals surface area contributed by atoms with Crippen LogP contribution in [0.4, 0.5) is 11.4 Å². The molecule has 114 valence electrons. The van der Waals surface area contributed by atoms with E-state index in [0.717, 1.165) is 11.3 Å². The van der Waals surface area contributed by atoms with Gasteiger partial charge in [0.2, 0.25) is 0 Å². The zero-order chi connectivity index (χ0) is 16.1. The fourth-order valence-electron chi connectivity index (χ4n) is 3.40. The highest BCUT2D eigenvalue weighted by molar-refractivity contribution is 7.99. The Morgan fingerprint density at radius 2 is 1.62 bits per heavy atom. The maximum Gasteiger partial charge on any atom is 0.0606 e. The summed E-state index contributed by atoms with van der Waals surface area (Å²) >= 11 is 1.83. The summed E-state index contributed by atoms with van der Waals surface area (Å²) in [4.78, 5) is 2.53. The van der Waals surface area contributed by atoms with Crippen LogP contribution in [0.2, 0.25) is 0 Å². The molecule has 0 amide bonds. The van der Waals surface area contributed by atoms with Gasteiger partial charge in [-0.25, -0.2) is 0 Å². The molecule has 0 aromatic heterocycles. The third-order valence-corrected chi connectivity index (χ3v) is 5.74. The summed E-state index contributed by atoms with van der Waals surface area (Å²) in [6.07, 6.45) is 1.89. The third kappa shape index (κ3) is 1.97. The fourth-order valence-corrected chi connectivity index (χ4v) is 4.39. The summed E-state index contributed by atoms with van der Waals surface area (Å²) in [7, 11) is 0. The van der Waals surface area contributed by atoms with Crippen LogP contribution in [0.3, 0.4) is 0 Å². The van der Waals surface area contributed by atoms with Gasteiger partial charge in [0.15, 0.2) is 0 Å².